The molecule has 0 saturated heterocycles. The van der Waals surface area contributed by atoms with Crippen LogP contribution in [0.5, 0.6) is 0 Å². The quantitative estimate of drug-likeness (QED) is 0.717. The van der Waals surface area contributed by atoms with E-state index in [2.05, 4.69) is 27.5 Å². The molecule has 1 atom stereocenters. The maximum atomic E-state index is 5.47. The van der Waals surface area contributed by atoms with Crippen molar-refractivity contribution in [1.29, 1.82) is 0 Å². The number of hydrogen-bond donors (Lipinski definition) is 2. The third-order valence-electron chi connectivity index (χ3n) is 2.64. The van der Waals surface area contributed by atoms with Crippen LogP contribution in [-0.4, -0.2) is 33.1 Å². The molecule has 0 bridgehead atoms. The molecule has 0 spiro atoms. The third kappa shape index (κ3) is 3.59. The molecule has 7 heteroatoms. The SMILES string of the molecule is CC(CNCCn1cc(CN)nn1)c1nccs1. The molecule has 0 aliphatic rings. The summed E-state index contributed by atoms with van der Waals surface area (Å²) in [5.41, 5.74) is 6.30. The van der Waals surface area contributed by atoms with Crippen LogP contribution in [-0.2, 0) is 13.1 Å². The first kappa shape index (κ1) is 13.1. The second-order valence-corrected chi connectivity index (χ2v) is 5.08. The first-order chi connectivity index (χ1) is 8.79. The zero-order valence-electron chi connectivity index (χ0n) is 10.4. The van der Waals surface area contributed by atoms with E-state index in [9.17, 15) is 0 Å². The molecule has 3 N–H and O–H groups in total. The van der Waals surface area contributed by atoms with Gasteiger partial charge in [0.1, 0.15) is 0 Å². The normalized spacial score (nSPS) is 12.8. The van der Waals surface area contributed by atoms with E-state index in [1.807, 2.05) is 22.5 Å². The van der Waals surface area contributed by atoms with E-state index >= 15 is 0 Å². The summed E-state index contributed by atoms with van der Waals surface area (Å²) in [7, 11) is 0. The van der Waals surface area contributed by atoms with Crippen molar-refractivity contribution in [1.82, 2.24) is 25.3 Å². The summed E-state index contributed by atoms with van der Waals surface area (Å²) >= 11 is 1.70. The van der Waals surface area contributed by atoms with Gasteiger partial charge in [-0.25, -0.2) is 4.98 Å². The van der Waals surface area contributed by atoms with Crippen LogP contribution < -0.4 is 11.1 Å². The van der Waals surface area contributed by atoms with Crippen molar-refractivity contribution in [2.24, 2.45) is 5.73 Å². The minimum absolute atomic E-state index is 0.439. The molecule has 0 aromatic carbocycles. The van der Waals surface area contributed by atoms with Gasteiger partial charge in [0.2, 0.25) is 0 Å². The molecule has 2 rings (SSSR count). The van der Waals surface area contributed by atoms with Crippen molar-refractivity contribution >= 4 is 11.3 Å². The summed E-state index contributed by atoms with van der Waals surface area (Å²) in [6.07, 6.45) is 3.73. The van der Waals surface area contributed by atoms with E-state index in [-0.39, 0.29) is 0 Å². The molecule has 0 aliphatic carbocycles. The Labute approximate surface area is 110 Å². The van der Waals surface area contributed by atoms with Gasteiger partial charge in [-0.15, -0.1) is 16.4 Å². The van der Waals surface area contributed by atoms with Gasteiger partial charge in [0, 0.05) is 43.3 Å². The second-order valence-electron chi connectivity index (χ2n) is 4.15. The highest BCUT2D eigenvalue weighted by Gasteiger charge is 2.07. The van der Waals surface area contributed by atoms with E-state index in [1.165, 1.54) is 5.01 Å². The van der Waals surface area contributed by atoms with Crippen LogP contribution in [0.15, 0.2) is 17.8 Å². The smallest absolute Gasteiger partial charge is 0.0965 e. The third-order valence-corrected chi connectivity index (χ3v) is 3.64. The van der Waals surface area contributed by atoms with Crippen LogP contribution in [0.1, 0.15) is 23.5 Å². The largest absolute Gasteiger partial charge is 0.325 e. The van der Waals surface area contributed by atoms with Crippen molar-refractivity contribution < 1.29 is 0 Å². The first-order valence-corrected chi connectivity index (χ1v) is 6.86. The first-order valence-electron chi connectivity index (χ1n) is 5.98. The molecule has 1 unspecified atom stereocenters. The fourth-order valence-electron chi connectivity index (χ4n) is 1.62. The Hall–Kier alpha value is -1.31. The average molecular weight is 266 g/mol. The Balaban J connectivity index is 1.67. The van der Waals surface area contributed by atoms with E-state index in [0.29, 0.717) is 12.5 Å². The van der Waals surface area contributed by atoms with Gasteiger partial charge in [-0.2, -0.15) is 0 Å². The minimum atomic E-state index is 0.439. The van der Waals surface area contributed by atoms with Crippen molar-refractivity contribution in [3.05, 3.63) is 28.5 Å². The number of nitrogens with one attached hydrogen (secondary N) is 1. The van der Waals surface area contributed by atoms with Crippen LogP contribution in [0.25, 0.3) is 0 Å². The van der Waals surface area contributed by atoms with Crippen molar-refractivity contribution in [2.45, 2.75) is 25.9 Å². The van der Waals surface area contributed by atoms with Gasteiger partial charge >= 0.3 is 0 Å². The van der Waals surface area contributed by atoms with Crippen molar-refractivity contribution in [2.75, 3.05) is 13.1 Å². The predicted molar refractivity (Wildman–Crippen MR) is 71.3 cm³/mol. The highest BCUT2D eigenvalue weighted by molar-refractivity contribution is 7.09. The lowest BCUT2D eigenvalue weighted by molar-refractivity contribution is 0.524. The number of hydrogen-bond acceptors (Lipinski definition) is 6. The zero-order valence-corrected chi connectivity index (χ0v) is 11.2. The van der Waals surface area contributed by atoms with Crippen molar-refractivity contribution in [3.63, 3.8) is 0 Å². The Morgan fingerprint density at radius 3 is 3.11 bits per heavy atom. The molecular formula is C11H18N6S. The summed E-state index contributed by atoms with van der Waals surface area (Å²) in [6, 6.07) is 0. The van der Waals surface area contributed by atoms with Gasteiger partial charge < -0.3 is 11.1 Å². The molecule has 2 heterocycles. The average Bonchev–Trinajstić information content (AvgIpc) is 3.05. The van der Waals surface area contributed by atoms with E-state index in [0.717, 1.165) is 25.3 Å². The molecule has 6 nitrogen and oxygen atoms in total. The highest BCUT2D eigenvalue weighted by atomic mass is 32.1. The lowest BCUT2D eigenvalue weighted by atomic mass is 10.2. The van der Waals surface area contributed by atoms with Gasteiger partial charge in [0.05, 0.1) is 17.2 Å². The molecule has 0 radical (unpaired) electrons. The highest BCUT2D eigenvalue weighted by Crippen LogP contribution is 2.16. The molecule has 0 amide bonds. The molecule has 2 aromatic heterocycles. The lowest BCUT2D eigenvalue weighted by Gasteiger charge is -2.09. The molecular weight excluding hydrogens is 248 g/mol. The van der Waals surface area contributed by atoms with Gasteiger partial charge in [0.15, 0.2) is 0 Å². The molecule has 98 valence electrons. The number of aromatic nitrogens is 4. The summed E-state index contributed by atoms with van der Waals surface area (Å²) in [5.74, 6) is 0.445. The Bertz CT molecular complexity index is 452. The topological polar surface area (TPSA) is 81.7 Å². The molecule has 0 fully saturated rings. The summed E-state index contributed by atoms with van der Waals surface area (Å²) in [4.78, 5) is 4.30. The maximum Gasteiger partial charge on any atom is 0.0965 e. The molecule has 0 saturated carbocycles. The standard InChI is InChI=1S/C11H18N6S/c1-9(11-14-3-5-18-11)7-13-2-4-17-8-10(6-12)15-16-17/h3,5,8-9,13H,2,4,6-7,12H2,1H3. The summed E-state index contributed by atoms with van der Waals surface area (Å²) < 4.78 is 1.81. The van der Waals surface area contributed by atoms with Gasteiger partial charge in [-0.05, 0) is 0 Å². The van der Waals surface area contributed by atoms with Gasteiger partial charge in [-0.1, -0.05) is 12.1 Å². The number of thiazole rings is 1. The predicted octanol–water partition coefficient (Wildman–Crippen LogP) is 0.587. The maximum absolute atomic E-state index is 5.47. The van der Waals surface area contributed by atoms with Crippen LogP contribution in [0.3, 0.4) is 0 Å². The summed E-state index contributed by atoms with van der Waals surface area (Å²) in [6.45, 7) is 5.20. The molecule has 2 aromatic rings. The van der Waals surface area contributed by atoms with Crippen molar-refractivity contribution in [3.8, 4) is 0 Å². The Kier molecular flexibility index (Phi) is 4.80. The van der Waals surface area contributed by atoms with E-state index in [1.54, 1.807) is 11.3 Å². The lowest BCUT2D eigenvalue weighted by Crippen LogP contribution is -2.24. The summed E-state index contributed by atoms with van der Waals surface area (Å²) in [5, 5.41) is 14.5. The van der Waals surface area contributed by atoms with Crippen LogP contribution in [0, 0.1) is 0 Å². The number of rotatable bonds is 7. The zero-order chi connectivity index (χ0) is 12.8. The van der Waals surface area contributed by atoms with E-state index < -0.39 is 0 Å². The number of nitrogens with two attached hydrogens (primary N) is 1. The molecule has 0 aliphatic heterocycles. The van der Waals surface area contributed by atoms with Gasteiger partial charge in [-0.3, -0.25) is 4.68 Å². The van der Waals surface area contributed by atoms with E-state index in [4.69, 9.17) is 5.73 Å². The fourth-order valence-corrected chi connectivity index (χ4v) is 2.32. The molecule has 18 heavy (non-hydrogen) atoms. The fraction of sp³-hybridized carbons (Fsp3) is 0.545. The Morgan fingerprint density at radius 2 is 2.44 bits per heavy atom. The van der Waals surface area contributed by atoms with Crippen LogP contribution >= 0.6 is 11.3 Å². The monoisotopic (exact) mass is 266 g/mol. The Morgan fingerprint density at radius 1 is 1.56 bits per heavy atom. The van der Waals surface area contributed by atoms with Crippen LogP contribution in [0.2, 0.25) is 0 Å². The van der Waals surface area contributed by atoms with Crippen LogP contribution in [0.4, 0.5) is 0 Å². The van der Waals surface area contributed by atoms with Gasteiger partial charge in [0.25, 0.3) is 0 Å². The number of nitrogens with zero attached hydrogens (tertiary/aromatic N) is 4. The minimum Gasteiger partial charge on any atom is -0.325 e. The second kappa shape index (κ2) is 6.58.